The molecule has 0 aliphatic carbocycles. The van der Waals surface area contributed by atoms with Crippen molar-refractivity contribution in [1.82, 2.24) is 16.0 Å². The number of hydrogen-bond donors (Lipinski definition) is 3. The fourth-order valence-corrected chi connectivity index (χ4v) is 2.00. The lowest BCUT2D eigenvalue weighted by Crippen LogP contribution is -2.56. The van der Waals surface area contributed by atoms with Gasteiger partial charge in [-0.25, -0.2) is 8.78 Å². The average Bonchev–Trinajstić information content (AvgIpc) is 2.63. The smallest absolute Gasteiger partial charge is 0.308 e. The predicted molar refractivity (Wildman–Crippen MR) is 89.9 cm³/mol. The number of methoxy groups -OCH3 is 1. The van der Waals surface area contributed by atoms with Crippen molar-refractivity contribution in [2.45, 2.75) is 45.3 Å². The van der Waals surface area contributed by atoms with E-state index in [1.54, 1.807) is 13.8 Å². The van der Waals surface area contributed by atoms with Gasteiger partial charge >= 0.3 is 5.97 Å². The Bertz CT molecular complexity index is 570. The summed E-state index contributed by atoms with van der Waals surface area (Å²) < 4.78 is 29.3. The predicted octanol–water partition coefficient (Wildman–Crippen LogP) is -0.812. The molecule has 0 aromatic rings. The number of alkyl halides is 2. The topological polar surface area (TPSA) is 131 Å². The Labute approximate surface area is 155 Å². The van der Waals surface area contributed by atoms with Crippen LogP contribution in [0.3, 0.4) is 0 Å². The van der Waals surface area contributed by atoms with Crippen LogP contribution in [0.1, 0.15) is 27.2 Å². The van der Waals surface area contributed by atoms with Crippen molar-refractivity contribution in [3.8, 4) is 0 Å². The zero-order valence-corrected chi connectivity index (χ0v) is 15.6. The quantitative estimate of drug-likeness (QED) is 0.394. The number of carbonyl (C=O) groups is 5. The standard InChI is InChI=1S/C16H25F2N3O6/c1-8(2)14(21-12(23)7-18)16(26)19-9(3)15(25)20-10(11(22)6-17)5-13(24)27-4/h8-10,14H,5-7H2,1-4H3,(H,19,26)(H,20,25)(H,21,23). The fraction of sp³-hybridized carbons (Fsp3) is 0.688. The van der Waals surface area contributed by atoms with Gasteiger partial charge in [0.1, 0.15) is 24.8 Å². The molecule has 0 spiro atoms. The van der Waals surface area contributed by atoms with Gasteiger partial charge in [0.05, 0.1) is 13.5 Å². The number of hydrogen-bond acceptors (Lipinski definition) is 6. The first-order valence-electron chi connectivity index (χ1n) is 8.18. The van der Waals surface area contributed by atoms with Crippen molar-refractivity contribution >= 4 is 29.5 Å². The van der Waals surface area contributed by atoms with Crippen LogP contribution in [0.15, 0.2) is 0 Å². The van der Waals surface area contributed by atoms with Gasteiger partial charge in [0.15, 0.2) is 12.5 Å². The number of rotatable bonds is 11. The van der Waals surface area contributed by atoms with Gasteiger partial charge in [-0.1, -0.05) is 13.8 Å². The molecular weight excluding hydrogens is 368 g/mol. The number of Topliss-reactive ketones (excluding diaryl/α,β-unsaturated/α-hetero) is 1. The number of ketones is 1. The molecule has 9 nitrogen and oxygen atoms in total. The van der Waals surface area contributed by atoms with E-state index in [9.17, 15) is 32.8 Å². The number of amides is 3. The molecule has 0 saturated carbocycles. The molecule has 154 valence electrons. The highest BCUT2D eigenvalue weighted by molar-refractivity contribution is 5.96. The Morgan fingerprint density at radius 3 is 1.93 bits per heavy atom. The molecule has 0 aliphatic rings. The van der Waals surface area contributed by atoms with Crippen LogP contribution in [-0.4, -0.2) is 68.1 Å². The van der Waals surface area contributed by atoms with E-state index in [2.05, 4.69) is 20.7 Å². The third-order valence-electron chi connectivity index (χ3n) is 3.57. The Kier molecular flexibility index (Phi) is 10.8. The molecule has 0 aliphatic heterocycles. The van der Waals surface area contributed by atoms with E-state index in [0.717, 1.165) is 7.11 Å². The molecule has 0 aromatic carbocycles. The van der Waals surface area contributed by atoms with Crippen LogP contribution in [0.2, 0.25) is 0 Å². The van der Waals surface area contributed by atoms with Crippen molar-refractivity contribution in [2.24, 2.45) is 5.92 Å². The molecule has 3 unspecified atom stereocenters. The number of esters is 1. The minimum atomic E-state index is -1.44. The molecule has 3 N–H and O–H groups in total. The molecule has 0 aromatic heterocycles. The van der Waals surface area contributed by atoms with Gasteiger partial charge in [-0.3, -0.25) is 24.0 Å². The van der Waals surface area contributed by atoms with Crippen molar-refractivity contribution in [1.29, 1.82) is 0 Å². The van der Waals surface area contributed by atoms with E-state index in [4.69, 9.17) is 0 Å². The molecular formula is C16H25F2N3O6. The highest BCUT2D eigenvalue weighted by Gasteiger charge is 2.29. The minimum absolute atomic E-state index is 0.393. The van der Waals surface area contributed by atoms with Crippen LogP contribution in [0.4, 0.5) is 8.78 Å². The van der Waals surface area contributed by atoms with Crippen LogP contribution in [0.25, 0.3) is 0 Å². The molecule has 0 rings (SSSR count). The van der Waals surface area contributed by atoms with Crippen LogP contribution < -0.4 is 16.0 Å². The van der Waals surface area contributed by atoms with E-state index >= 15 is 0 Å². The van der Waals surface area contributed by atoms with Crippen LogP contribution in [0, 0.1) is 5.92 Å². The lowest BCUT2D eigenvalue weighted by atomic mass is 10.0. The van der Waals surface area contributed by atoms with Gasteiger partial charge in [0.25, 0.3) is 5.91 Å². The number of halogens is 2. The summed E-state index contributed by atoms with van der Waals surface area (Å²) in [6.45, 7) is 1.82. The van der Waals surface area contributed by atoms with Gasteiger partial charge in [-0.2, -0.15) is 0 Å². The van der Waals surface area contributed by atoms with E-state index in [1.165, 1.54) is 6.92 Å². The summed E-state index contributed by atoms with van der Waals surface area (Å²) in [5.41, 5.74) is 0. The molecule has 0 heterocycles. The highest BCUT2D eigenvalue weighted by atomic mass is 19.1. The normalized spacial score (nSPS) is 13.9. The molecule has 0 radical (unpaired) electrons. The molecule has 11 heteroatoms. The average molecular weight is 393 g/mol. The summed E-state index contributed by atoms with van der Waals surface area (Å²) in [4.78, 5) is 58.4. The lowest BCUT2D eigenvalue weighted by molar-refractivity contribution is -0.143. The molecule has 0 fully saturated rings. The summed E-state index contributed by atoms with van der Waals surface area (Å²) in [6, 6.07) is -3.70. The minimum Gasteiger partial charge on any atom is -0.469 e. The van der Waals surface area contributed by atoms with E-state index in [-0.39, 0.29) is 0 Å². The Morgan fingerprint density at radius 1 is 0.889 bits per heavy atom. The van der Waals surface area contributed by atoms with E-state index in [0.29, 0.717) is 0 Å². The van der Waals surface area contributed by atoms with Crippen molar-refractivity contribution < 1.29 is 37.5 Å². The summed E-state index contributed by atoms with van der Waals surface area (Å²) in [7, 11) is 1.07. The first-order valence-corrected chi connectivity index (χ1v) is 8.18. The summed E-state index contributed by atoms with van der Waals surface area (Å²) >= 11 is 0. The largest absolute Gasteiger partial charge is 0.469 e. The van der Waals surface area contributed by atoms with E-state index < -0.39 is 73.3 Å². The molecule has 27 heavy (non-hydrogen) atoms. The van der Waals surface area contributed by atoms with Crippen molar-refractivity contribution in [3.63, 3.8) is 0 Å². The third-order valence-corrected chi connectivity index (χ3v) is 3.57. The summed E-state index contributed by atoms with van der Waals surface area (Å²) in [5, 5.41) is 6.67. The van der Waals surface area contributed by atoms with Crippen molar-refractivity contribution in [2.75, 3.05) is 20.5 Å². The third kappa shape index (κ3) is 8.56. The number of nitrogens with one attached hydrogen (secondary N) is 3. The van der Waals surface area contributed by atoms with Crippen LogP contribution >= 0.6 is 0 Å². The number of carbonyl (C=O) groups excluding carboxylic acids is 5. The van der Waals surface area contributed by atoms with Gasteiger partial charge in [-0.05, 0) is 12.8 Å². The maximum absolute atomic E-state index is 12.6. The molecule has 3 atom stereocenters. The van der Waals surface area contributed by atoms with Gasteiger partial charge in [0, 0.05) is 0 Å². The Balaban J connectivity index is 4.98. The first-order chi connectivity index (χ1) is 12.6. The zero-order chi connectivity index (χ0) is 21.1. The van der Waals surface area contributed by atoms with Gasteiger partial charge in [-0.15, -0.1) is 0 Å². The molecule has 0 saturated heterocycles. The summed E-state index contributed by atoms with van der Waals surface area (Å²) in [5.74, 6) is -4.81. The lowest BCUT2D eigenvalue weighted by Gasteiger charge is -2.24. The Hall–Kier alpha value is -2.59. The molecule has 3 amide bonds. The first kappa shape index (κ1) is 24.4. The zero-order valence-electron chi connectivity index (χ0n) is 15.6. The number of ether oxygens (including phenoxy) is 1. The van der Waals surface area contributed by atoms with Crippen LogP contribution in [0.5, 0.6) is 0 Å². The Morgan fingerprint density at radius 2 is 1.48 bits per heavy atom. The van der Waals surface area contributed by atoms with Crippen molar-refractivity contribution in [3.05, 3.63) is 0 Å². The van der Waals surface area contributed by atoms with Crippen LogP contribution in [-0.2, 0) is 28.7 Å². The maximum atomic E-state index is 12.6. The second-order valence-corrected chi connectivity index (χ2v) is 6.09. The maximum Gasteiger partial charge on any atom is 0.308 e. The second kappa shape index (κ2) is 11.9. The second-order valence-electron chi connectivity index (χ2n) is 6.09. The highest BCUT2D eigenvalue weighted by Crippen LogP contribution is 2.04. The fourth-order valence-electron chi connectivity index (χ4n) is 2.00. The van der Waals surface area contributed by atoms with E-state index in [1.807, 2.05) is 0 Å². The van der Waals surface area contributed by atoms with Gasteiger partial charge in [0.2, 0.25) is 11.8 Å². The molecule has 0 bridgehead atoms. The van der Waals surface area contributed by atoms with Gasteiger partial charge < -0.3 is 20.7 Å². The summed E-state index contributed by atoms with van der Waals surface area (Å²) in [6.07, 6.45) is -0.563. The SMILES string of the molecule is COC(=O)CC(NC(=O)C(C)NC(=O)C(NC(=O)CF)C(C)C)C(=O)CF. The monoisotopic (exact) mass is 393 g/mol.